The molecule has 0 fully saturated rings. The zero-order chi connectivity index (χ0) is 35.3. The first kappa shape index (κ1) is 29.8. The number of benzene rings is 10. The van der Waals surface area contributed by atoms with Gasteiger partial charge in [-0.25, -0.2) is 0 Å². The molecule has 0 bridgehead atoms. The van der Waals surface area contributed by atoms with E-state index in [4.69, 9.17) is 0 Å². The fourth-order valence-electron chi connectivity index (χ4n) is 9.13. The van der Waals surface area contributed by atoms with Crippen molar-refractivity contribution in [2.45, 2.75) is 0 Å². The van der Waals surface area contributed by atoms with Gasteiger partial charge in [0.1, 0.15) is 0 Å². The Morgan fingerprint density at radius 1 is 0.315 bits per heavy atom. The van der Waals surface area contributed by atoms with Crippen molar-refractivity contribution in [1.82, 2.24) is 4.57 Å². The molecule has 2 aromatic heterocycles. The third-order valence-corrected chi connectivity index (χ3v) is 12.7. The van der Waals surface area contributed by atoms with Crippen molar-refractivity contribution >= 4 is 85.6 Å². The summed E-state index contributed by atoms with van der Waals surface area (Å²) in [6, 6.07) is 69.5. The minimum Gasteiger partial charge on any atom is -0.309 e. The van der Waals surface area contributed by atoms with Gasteiger partial charge in [-0.3, -0.25) is 0 Å². The minimum absolute atomic E-state index is 1.19. The SMILES string of the molecule is c1ccc(-c2ccc(-c3ccc4ccc5c(-c6ccc7c(c6)sc6ccc8c(c9ccccc9n8-c8ccccc8)c67)ccc6ccc3c4c65)cc2)cc1. The summed E-state index contributed by atoms with van der Waals surface area (Å²) in [6.07, 6.45) is 0. The van der Waals surface area contributed by atoms with Gasteiger partial charge in [-0.1, -0.05) is 152 Å². The molecule has 2 heteroatoms. The molecule has 12 aromatic rings. The zero-order valence-corrected chi connectivity index (χ0v) is 30.1. The number of nitrogens with zero attached hydrogens (tertiary/aromatic N) is 1. The molecule has 54 heavy (non-hydrogen) atoms. The number of hydrogen-bond donors (Lipinski definition) is 0. The van der Waals surface area contributed by atoms with Crippen LogP contribution in [0.4, 0.5) is 0 Å². The van der Waals surface area contributed by atoms with E-state index in [9.17, 15) is 0 Å². The third kappa shape index (κ3) is 4.26. The molecular weight excluding hydrogens is 671 g/mol. The van der Waals surface area contributed by atoms with Crippen LogP contribution in [0.3, 0.4) is 0 Å². The molecule has 250 valence electrons. The topological polar surface area (TPSA) is 4.93 Å². The van der Waals surface area contributed by atoms with Gasteiger partial charge in [0.15, 0.2) is 0 Å². The summed E-state index contributed by atoms with van der Waals surface area (Å²) in [4.78, 5) is 0. The Labute approximate surface area is 315 Å². The van der Waals surface area contributed by atoms with E-state index in [0.29, 0.717) is 0 Å². The van der Waals surface area contributed by atoms with Gasteiger partial charge in [0, 0.05) is 36.6 Å². The van der Waals surface area contributed by atoms with E-state index in [1.54, 1.807) is 0 Å². The highest BCUT2D eigenvalue weighted by Crippen LogP contribution is 2.46. The lowest BCUT2D eigenvalue weighted by Gasteiger charge is -2.17. The molecule has 0 aliphatic heterocycles. The van der Waals surface area contributed by atoms with Crippen LogP contribution < -0.4 is 0 Å². The zero-order valence-electron chi connectivity index (χ0n) is 29.3. The molecule has 0 amide bonds. The van der Waals surface area contributed by atoms with Crippen LogP contribution >= 0.6 is 11.3 Å². The van der Waals surface area contributed by atoms with E-state index in [1.807, 2.05) is 11.3 Å². The molecule has 0 aliphatic rings. The van der Waals surface area contributed by atoms with Crippen molar-refractivity contribution in [3.63, 3.8) is 0 Å². The predicted octanol–water partition coefficient (Wildman–Crippen LogP) is 15.0. The van der Waals surface area contributed by atoms with E-state index in [0.717, 1.165) is 0 Å². The average Bonchev–Trinajstić information content (AvgIpc) is 3.78. The lowest BCUT2D eigenvalue weighted by atomic mass is 9.87. The van der Waals surface area contributed by atoms with Gasteiger partial charge in [-0.15, -0.1) is 11.3 Å². The van der Waals surface area contributed by atoms with Crippen molar-refractivity contribution < 1.29 is 0 Å². The van der Waals surface area contributed by atoms with Gasteiger partial charge in [0.25, 0.3) is 0 Å². The van der Waals surface area contributed by atoms with Crippen molar-refractivity contribution in [2.24, 2.45) is 0 Å². The molecule has 12 rings (SSSR count). The number of hydrogen-bond acceptors (Lipinski definition) is 1. The molecule has 0 saturated heterocycles. The van der Waals surface area contributed by atoms with Crippen LogP contribution in [-0.4, -0.2) is 4.57 Å². The molecule has 0 spiro atoms. The molecule has 0 unspecified atom stereocenters. The van der Waals surface area contributed by atoms with Crippen molar-refractivity contribution in [1.29, 1.82) is 0 Å². The molecular formula is C52H31NS. The molecule has 0 aliphatic carbocycles. The van der Waals surface area contributed by atoms with Crippen LogP contribution in [0.5, 0.6) is 0 Å². The highest BCUT2D eigenvalue weighted by atomic mass is 32.1. The maximum Gasteiger partial charge on any atom is 0.0548 e. The van der Waals surface area contributed by atoms with E-state index in [-0.39, 0.29) is 0 Å². The molecule has 2 heterocycles. The van der Waals surface area contributed by atoms with Crippen molar-refractivity contribution in [2.75, 3.05) is 0 Å². The van der Waals surface area contributed by atoms with E-state index in [1.165, 1.54) is 113 Å². The molecule has 0 radical (unpaired) electrons. The standard InChI is InChI=1S/C52H31NS/c1-3-9-32(10-4-1)33-15-17-34(18-16-33)39-24-19-35-22-27-42-40(25-20-36-21-26-41(39)49(35)50(36)42)37-23-28-44-48(31-37)54-47-30-29-46-51(52(44)47)43-13-7-8-14-45(43)53(46)38-11-5-2-6-12-38/h1-31H. The second-order valence-corrected chi connectivity index (χ2v) is 15.5. The number of rotatable bonds is 4. The maximum absolute atomic E-state index is 2.42. The Bertz CT molecular complexity index is 3410. The third-order valence-electron chi connectivity index (χ3n) is 11.6. The van der Waals surface area contributed by atoms with E-state index >= 15 is 0 Å². The van der Waals surface area contributed by atoms with Crippen LogP contribution in [0.1, 0.15) is 0 Å². The smallest absolute Gasteiger partial charge is 0.0548 e. The van der Waals surface area contributed by atoms with Crippen LogP contribution in [0.25, 0.3) is 113 Å². The average molecular weight is 702 g/mol. The molecule has 0 saturated carbocycles. The summed E-state index contributed by atoms with van der Waals surface area (Å²) < 4.78 is 5.06. The highest BCUT2D eigenvalue weighted by Gasteiger charge is 2.19. The van der Waals surface area contributed by atoms with Crippen LogP contribution in [0.2, 0.25) is 0 Å². The van der Waals surface area contributed by atoms with Gasteiger partial charge >= 0.3 is 0 Å². The Balaban J connectivity index is 1.03. The van der Waals surface area contributed by atoms with Crippen LogP contribution in [0.15, 0.2) is 188 Å². The quantitative estimate of drug-likeness (QED) is 0.161. The summed E-state index contributed by atoms with van der Waals surface area (Å²) >= 11 is 1.90. The van der Waals surface area contributed by atoms with Crippen molar-refractivity contribution in [3.05, 3.63) is 188 Å². The summed E-state index contributed by atoms with van der Waals surface area (Å²) in [5.41, 5.74) is 11.2. The Morgan fingerprint density at radius 3 is 1.63 bits per heavy atom. The van der Waals surface area contributed by atoms with Crippen LogP contribution in [-0.2, 0) is 0 Å². The summed E-state index contributed by atoms with van der Waals surface area (Å²) in [7, 11) is 0. The molecule has 1 nitrogen and oxygen atoms in total. The normalized spacial score (nSPS) is 12.1. The Morgan fingerprint density at radius 2 is 0.889 bits per heavy atom. The summed E-state index contributed by atoms with van der Waals surface area (Å²) in [5.74, 6) is 0. The fourth-order valence-corrected chi connectivity index (χ4v) is 10.3. The highest BCUT2D eigenvalue weighted by molar-refractivity contribution is 7.26. The number of para-hydroxylation sites is 2. The first-order valence-electron chi connectivity index (χ1n) is 18.6. The number of fused-ring (bicyclic) bond motifs is 7. The maximum atomic E-state index is 2.42. The molecule has 0 N–H and O–H groups in total. The van der Waals surface area contributed by atoms with Gasteiger partial charge < -0.3 is 4.57 Å². The summed E-state index contributed by atoms with van der Waals surface area (Å²) in [5, 5.41) is 13.2. The van der Waals surface area contributed by atoms with Gasteiger partial charge in [0.2, 0.25) is 0 Å². The Hall–Kier alpha value is -6.74. The second-order valence-electron chi connectivity index (χ2n) is 14.4. The van der Waals surface area contributed by atoms with E-state index < -0.39 is 0 Å². The monoisotopic (exact) mass is 701 g/mol. The molecule has 0 atom stereocenters. The predicted molar refractivity (Wildman–Crippen MR) is 234 cm³/mol. The van der Waals surface area contributed by atoms with Crippen molar-refractivity contribution in [3.8, 4) is 39.1 Å². The summed E-state index contributed by atoms with van der Waals surface area (Å²) in [6.45, 7) is 0. The number of thiophene rings is 1. The lowest BCUT2D eigenvalue weighted by molar-refractivity contribution is 1.18. The Kier molecular flexibility index (Phi) is 6.28. The van der Waals surface area contributed by atoms with Gasteiger partial charge in [0.05, 0.1) is 11.0 Å². The molecule has 10 aromatic carbocycles. The van der Waals surface area contributed by atoms with Gasteiger partial charge in [-0.2, -0.15) is 0 Å². The van der Waals surface area contributed by atoms with Gasteiger partial charge in [-0.05, 0) is 102 Å². The minimum atomic E-state index is 1.19. The van der Waals surface area contributed by atoms with E-state index in [2.05, 4.69) is 193 Å². The van der Waals surface area contributed by atoms with Crippen LogP contribution in [0, 0.1) is 0 Å². The fraction of sp³-hybridized carbons (Fsp3) is 0. The number of aromatic nitrogens is 1. The largest absolute Gasteiger partial charge is 0.309 e. The second kappa shape index (κ2) is 11.4. The lowest BCUT2D eigenvalue weighted by Crippen LogP contribution is -1.92. The first-order valence-corrected chi connectivity index (χ1v) is 19.4. The first-order chi connectivity index (χ1) is 26.8.